The summed E-state index contributed by atoms with van der Waals surface area (Å²) in [7, 11) is 1.77. The number of nitrogens with one attached hydrogen (secondary N) is 2. The van der Waals surface area contributed by atoms with Crippen LogP contribution in [-0.2, 0) is 4.79 Å². The van der Waals surface area contributed by atoms with E-state index in [-0.39, 0.29) is 5.91 Å². The lowest BCUT2D eigenvalue weighted by molar-refractivity contribution is -0.117. The fraction of sp³-hybridized carbons (Fsp3) is 0.200. The van der Waals surface area contributed by atoms with Crippen LogP contribution >= 0.6 is 0 Å². The largest absolute Gasteiger partial charge is 0.460 e. The van der Waals surface area contributed by atoms with Crippen molar-refractivity contribution >= 4 is 12.1 Å². The number of furan rings is 1. The average molecular weight is 273 g/mol. The van der Waals surface area contributed by atoms with E-state index in [1.807, 2.05) is 13.0 Å². The highest BCUT2D eigenvalue weighted by molar-refractivity contribution is 5.93. The molecule has 0 bridgehead atoms. The zero-order valence-electron chi connectivity index (χ0n) is 11.9. The van der Waals surface area contributed by atoms with Gasteiger partial charge >= 0.3 is 0 Å². The second-order valence-electron chi connectivity index (χ2n) is 4.08. The first-order chi connectivity index (χ1) is 9.56. The van der Waals surface area contributed by atoms with Crippen LogP contribution in [0, 0.1) is 6.92 Å². The summed E-state index contributed by atoms with van der Waals surface area (Å²) in [5.41, 5.74) is 3.75. The Bertz CT molecular complexity index is 565. The first-order valence-electron chi connectivity index (χ1n) is 6.15. The number of allylic oxidation sites excluding steroid dienone is 3. The number of carbonyl (C=O) groups excluding carboxylic acids is 1. The third-order valence-electron chi connectivity index (χ3n) is 2.44. The van der Waals surface area contributed by atoms with Crippen LogP contribution < -0.4 is 10.7 Å². The van der Waals surface area contributed by atoms with Crippen LogP contribution in [0.3, 0.4) is 0 Å². The summed E-state index contributed by atoms with van der Waals surface area (Å²) in [5.74, 6) is 1.10. The van der Waals surface area contributed by atoms with Gasteiger partial charge in [0, 0.05) is 18.3 Å². The van der Waals surface area contributed by atoms with Crippen LogP contribution in [0.5, 0.6) is 0 Å². The van der Waals surface area contributed by atoms with Crippen molar-refractivity contribution in [2.45, 2.75) is 13.8 Å². The molecule has 1 aromatic heterocycles. The van der Waals surface area contributed by atoms with Gasteiger partial charge in [0.2, 0.25) is 0 Å². The number of carbonyl (C=O) groups is 1. The maximum atomic E-state index is 11.8. The number of aryl methyl sites for hydroxylation is 1. The predicted octanol–water partition coefficient (Wildman–Crippen LogP) is 2.27. The second kappa shape index (κ2) is 7.78. The van der Waals surface area contributed by atoms with Crippen molar-refractivity contribution in [3.63, 3.8) is 0 Å². The SMILES string of the molecule is C=C/C=C(\C=C(/C)C(=O)N/N=C/c1ccc(C)o1)NC. The van der Waals surface area contributed by atoms with Crippen molar-refractivity contribution < 1.29 is 9.21 Å². The maximum absolute atomic E-state index is 11.8. The molecule has 1 aromatic rings. The van der Waals surface area contributed by atoms with E-state index in [1.54, 1.807) is 38.3 Å². The van der Waals surface area contributed by atoms with Gasteiger partial charge in [-0.25, -0.2) is 5.43 Å². The molecule has 5 nitrogen and oxygen atoms in total. The standard InChI is InChI=1S/C15H19N3O2/c1-5-6-13(16-4)9-11(2)15(19)18-17-10-14-8-7-12(3)20-14/h5-10,16H,1H2,2-4H3,(H,18,19)/b11-9+,13-6+,17-10+. The van der Waals surface area contributed by atoms with E-state index in [2.05, 4.69) is 22.4 Å². The summed E-state index contributed by atoms with van der Waals surface area (Å²) in [4.78, 5) is 11.8. The average Bonchev–Trinajstić information content (AvgIpc) is 2.83. The number of amides is 1. The van der Waals surface area contributed by atoms with Gasteiger partial charge in [-0.05, 0) is 38.1 Å². The van der Waals surface area contributed by atoms with Gasteiger partial charge in [-0.15, -0.1) is 0 Å². The molecule has 0 unspecified atom stereocenters. The van der Waals surface area contributed by atoms with Gasteiger partial charge in [-0.3, -0.25) is 4.79 Å². The molecule has 1 heterocycles. The van der Waals surface area contributed by atoms with E-state index in [1.165, 1.54) is 6.21 Å². The Morgan fingerprint density at radius 3 is 2.75 bits per heavy atom. The van der Waals surface area contributed by atoms with E-state index in [4.69, 9.17) is 4.42 Å². The maximum Gasteiger partial charge on any atom is 0.267 e. The molecule has 0 atom stereocenters. The lowest BCUT2D eigenvalue weighted by atomic mass is 10.2. The summed E-state index contributed by atoms with van der Waals surface area (Å²) in [5, 5.41) is 6.79. The monoisotopic (exact) mass is 273 g/mol. The van der Waals surface area contributed by atoms with Crippen LogP contribution in [0.2, 0.25) is 0 Å². The summed E-state index contributed by atoms with van der Waals surface area (Å²) in [6, 6.07) is 3.60. The normalized spacial score (nSPS) is 12.6. The van der Waals surface area contributed by atoms with E-state index in [0.29, 0.717) is 11.3 Å². The van der Waals surface area contributed by atoms with Crippen molar-refractivity contribution in [1.29, 1.82) is 0 Å². The Morgan fingerprint density at radius 2 is 2.20 bits per heavy atom. The third kappa shape index (κ3) is 4.97. The fourth-order valence-electron chi connectivity index (χ4n) is 1.39. The van der Waals surface area contributed by atoms with Crippen molar-refractivity contribution in [3.05, 3.63) is 59.7 Å². The molecule has 2 N–H and O–H groups in total. The van der Waals surface area contributed by atoms with Crippen LogP contribution in [0.1, 0.15) is 18.4 Å². The first kappa shape index (κ1) is 15.5. The van der Waals surface area contributed by atoms with Crippen LogP contribution in [0.4, 0.5) is 0 Å². The molecule has 0 saturated heterocycles. The van der Waals surface area contributed by atoms with Gasteiger partial charge in [0.1, 0.15) is 11.5 Å². The number of hydrazone groups is 1. The second-order valence-corrected chi connectivity index (χ2v) is 4.08. The molecule has 0 aliphatic rings. The van der Waals surface area contributed by atoms with Crippen molar-refractivity contribution in [2.24, 2.45) is 5.10 Å². The Kier molecular flexibility index (Phi) is 6.03. The van der Waals surface area contributed by atoms with E-state index >= 15 is 0 Å². The number of likely N-dealkylation sites (N-methyl/N-ethyl adjacent to an activating group) is 1. The molecule has 0 saturated carbocycles. The highest BCUT2D eigenvalue weighted by Crippen LogP contribution is 2.03. The zero-order valence-corrected chi connectivity index (χ0v) is 11.9. The highest BCUT2D eigenvalue weighted by atomic mass is 16.3. The summed E-state index contributed by atoms with van der Waals surface area (Å²) < 4.78 is 5.29. The lowest BCUT2D eigenvalue weighted by Gasteiger charge is -2.02. The van der Waals surface area contributed by atoms with Gasteiger partial charge in [-0.2, -0.15) is 5.10 Å². The zero-order chi connectivity index (χ0) is 15.0. The van der Waals surface area contributed by atoms with E-state index in [0.717, 1.165) is 11.5 Å². The summed E-state index contributed by atoms with van der Waals surface area (Å²) >= 11 is 0. The smallest absolute Gasteiger partial charge is 0.267 e. The molecular weight excluding hydrogens is 254 g/mol. The Morgan fingerprint density at radius 1 is 1.45 bits per heavy atom. The molecule has 0 spiro atoms. The molecule has 0 aliphatic carbocycles. The predicted molar refractivity (Wildman–Crippen MR) is 80.3 cm³/mol. The van der Waals surface area contributed by atoms with Crippen LogP contribution in [-0.4, -0.2) is 19.2 Å². The number of hydrogen-bond acceptors (Lipinski definition) is 4. The molecule has 0 radical (unpaired) electrons. The lowest BCUT2D eigenvalue weighted by Crippen LogP contribution is -2.19. The Hall–Kier alpha value is -2.56. The minimum absolute atomic E-state index is 0.283. The minimum atomic E-state index is -0.283. The van der Waals surface area contributed by atoms with Gasteiger partial charge in [0.15, 0.2) is 0 Å². The molecule has 0 aliphatic heterocycles. The number of rotatable bonds is 6. The molecular formula is C15H19N3O2. The van der Waals surface area contributed by atoms with Crippen LogP contribution in [0.15, 0.2) is 57.7 Å². The molecule has 1 rings (SSSR count). The highest BCUT2D eigenvalue weighted by Gasteiger charge is 2.03. The van der Waals surface area contributed by atoms with Gasteiger partial charge in [0.05, 0.1) is 6.21 Å². The molecule has 0 fully saturated rings. The van der Waals surface area contributed by atoms with Crippen molar-refractivity contribution in [1.82, 2.24) is 10.7 Å². The number of hydrogen-bond donors (Lipinski definition) is 2. The Labute approximate surface area is 118 Å². The van der Waals surface area contributed by atoms with E-state index in [9.17, 15) is 4.79 Å². The molecule has 1 amide bonds. The van der Waals surface area contributed by atoms with E-state index < -0.39 is 0 Å². The summed E-state index contributed by atoms with van der Waals surface area (Å²) in [6.45, 7) is 7.15. The molecule has 5 heteroatoms. The molecule has 106 valence electrons. The van der Waals surface area contributed by atoms with Gasteiger partial charge in [-0.1, -0.05) is 12.7 Å². The van der Waals surface area contributed by atoms with Gasteiger partial charge in [0.25, 0.3) is 5.91 Å². The minimum Gasteiger partial charge on any atom is -0.460 e. The van der Waals surface area contributed by atoms with Gasteiger partial charge < -0.3 is 9.73 Å². The van der Waals surface area contributed by atoms with Crippen molar-refractivity contribution in [2.75, 3.05) is 7.05 Å². The summed E-state index contributed by atoms with van der Waals surface area (Å²) in [6.07, 6.45) is 6.58. The molecule has 20 heavy (non-hydrogen) atoms. The topological polar surface area (TPSA) is 66.6 Å². The Balaban J connectivity index is 2.62. The number of nitrogens with zero attached hydrogens (tertiary/aromatic N) is 1. The van der Waals surface area contributed by atoms with Crippen molar-refractivity contribution in [3.8, 4) is 0 Å². The first-order valence-corrected chi connectivity index (χ1v) is 6.15. The molecule has 0 aromatic carbocycles. The fourth-order valence-corrected chi connectivity index (χ4v) is 1.39. The quantitative estimate of drug-likeness (QED) is 0.361. The van der Waals surface area contributed by atoms with Crippen LogP contribution in [0.25, 0.3) is 0 Å². The third-order valence-corrected chi connectivity index (χ3v) is 2.44.